The Bertz CT molecular complexity index is 684. The van der Waals surface area contributed by atoms with E-state index in [1.807, 2.05) is 32.0 Å². The average Bonchev–Trinajstić information content (AvgIpc) is 2.31. The van der Waals surface area contributed by atoms with Gasteiger partial charge >= 0.3 is 5.97 Å². The van der Waals surface area contributed by atoms with Gasteiger partial charge in [0.2, 0.25) is 0 Å². The number of aromatic nitrogens is 1. The molecule has 0 aliphatic carbocycles. The van der Waals surface area contributed by atoms with E-state index in [-0.39, 0.29) is 5.56 Å². The summed E-state index contributed by atoms with van der Waals surface area (Å²) in [5, 5.41) is 12.5. The largest absolute Gasteiger partial charge is 0.478 e. The summed E-state index contributed by atoms with van der Waals surface area (Å²) >= 11 is 3.41. The van der Waals surface area contributed by atoms with E-state index in [9.17, 15) is 9.90 Å². The Hall–Kier alpha value is -1.88. The molecular formula is C15H15BrN2O2. The summed E-state index contributed by atoms with van der Waals surface area (Å²) in [6.07, 6.45) is 0. The molecular weight excluding hydrogens is 320 g/mol. The predicted octanol–water partition coefficient (Wildman–Crippen LogP) is 4.21. The molecule has 0 aliphatic heterocycles. The highest BCUT2D eigenvalue weighted by atomic mass is 79.9. The molecule has 0 saturated heterocycles. The van der Waals surface area contributed by atoms with Crippen molar-refractivity contribution >= 4 is 33.4 Å². The van der Waals surface area contributed by atoms with Gasteiger partial charge in [-0.05, 0) is 56.2 Å². The van der Waals surface area contributed by atoms with Gasteiger partial charge in [0.25, 0.3) is 0 Å². The Labute approximate surface area is 126 Å². The van der Waals surface area contributed by atoms with Gasteiger partial charge in [0.15, 0.2) is 0 Å². The van der Waals surface area contributed by atoms with Crippen LogP contribution in [-0.4, -0.2) is 16.1 Å². The summed E-state index contributed by atoms with van der Waals surface area (Å²) in [6, 6.07) is 7.53. The molecule has 0 saturated carbocycles. The fraction of sp³-hybridized carbons (Fsp3) is 0.200. The Kier molecular flexibility index (Phi) is 4.09. The summed E-state index contributed by atoms with van der Waals surface area (Å²) in [5.41, 5.74) is 3.54. The number of carboxylic acid groups (broad SMARTS) is 1. The van der Waals surface area contributed by atoms with Crippen LogP contribution in [0.4, 0.5) is 11.5 Å². The van der Waals surface area contributed by atoms with Gasteiger partial charge in [0.1, 0.15) is 11.4 Å². The van der Waals surface area contributed by atoms with Gasteiger partial charge in [-0.25, -0.2) is 9.78 Å². The molecule has 0 atom stereocenters. The third-order valence-electron chi connectivity index (χ3n) is 3.00. The van der Waals surface area contributed by atoms with E-state index in [1.54, 1.807) is 13.0 Å². The molecule has 0 amide bonds. The van der Waals surface area contributed by atoms with Crippen LogP contribution < -0.4 is 5.32 Å². The van der Waals surface area contributed by atoms with Gasteiger partial charge in [0.05, 0.1) is 0 Å². The van der Waals surface area contributed by atoms with Crippen LogP contribution in [0.2, 0.25) is 0 Å². The van der Waals surface area contributed by atoms with Crippen LogP contribution in [0.15, 0.2) is 28.7 Å². The number of nitrogens with zero attached hydrogens (tertiary/aromatic N) is 1. The van der Waals surface area contributed by atoms with Gasteiger partial charge < -0.3 is 10.4 Å². The van der Waals surface area contributed by atoms with Crippen molar-refractivity contribution in [2.45, 2.75) is 20.8 Å². The van der Waals surface area contributed by atoms with Crippen LogP contribution in [0.1, 0.15) is 27.2 Å². The lowest BCUT2D eigenvalue weighted by atomic mass is 10.1. The van der Waals surface area contributed by atoms with E-state index in [1.165, 1.54) is 0 Å². The first-order valence-electron chi connectivity index (χ1n) is 6.13. The SMILES string of the molecule is Cc1cc(C)c(C(=O)O)c(Nc2ccc(Br)cc2C)n1. The molecule has 5 heteroatoms. The van der Waals surface area contributed by atoms with E-state index in [0.717, 1.165) is 21.4 Å². The maximum absolute atomic E-state index is 11.4. The second-order valence-corrected chi connectivity index (χ2v) is 5.61. The normalized spacial score (nSPS) is 10.4. The van der Waals surface area contributed by atoms with Crippen molar-refractivity contribution < 1.29 is 9.90 Å². The van der Waals surface area contributed by atoms with Crippen LogP contribution >= 0.6 is 15.9 Å². The topological polar surface area (TPSA) is 62.2 Å². The zero-order valence-corrected chi connectivity index (χ0v) is 13.1. The third-order valence-corrected chi connectivity index (χ3v) is 3.49. The molecule has 20 heavy (non-hydrogen) atoms. The van der Waals surface area contributed by atoms with Crippen molar-refractivity contribution in [3.8, 4) is 0 Å². The second kappa shape index (κ2) is 5.63. The predicted molar refractivity (Wildman–Crippen MR) is 82.8 cm³/mol. The van der Waals surface area contributed by atoms with Crippen molar-refractivity contribution in [3.05, 3.63) is 51.1 Å². The highest BCUT2D eigenvalue weighted by Crippen LogP contribution is 2.26. The number of anilines is 2. The summed E-state index contributed by atoms with van der Waals surface area (Å²) in [5.74, 6) is -0.604. The molecule has 0 fully saturated rings. The van der Waals surface area contributed by atoms with Crippen LogP contribution in [0.3, 0.4) is 0 Å². The standard InChI is InChI=1S/C15H15BrN2O2/c1-8-7-11(16)4-5-12(8)18-14-13(15(19)20)9(2)6-10(3)17-14/h4-7H,1-3H3,(H,17,18)(H,19,20). The van der Waals surface area contributed by atoms with Crippen molar-refractivity contribution in [1.29, 1.82) is 0 Å². The molecule has 0 spiro atoms. The lowest BCUT2D eigenvalue weighted by Crippen LogP contribution is -2.09. The maximum Gasteiger partial charge on any atom is 0.339 e. The Morgan fingerprint density at radius 2 is 1.90 bits per heavy atom. The summed E-state index contributed by atoms with van der Waals surface area (Å²) in [4.78, 5) is 15.7. The Morgan fingerprint density at radius 3 is 2.50 bits per heavy atom. The van der Waals surface area contributed by atoms with Gasteiger partial charge in [-0.3, -0.25) is 0 Å². The summed E-state index contributed by atoms with van der Waals surface area (Å²) in [7, 11) is 0. The smallest absolute Gasteiger partial charge is 0.339 e. The first-order valence-corrected chi connectivity index (χ1v) is 6.92. The minimum Gasteiger partial charge on any atom is -0.478 e. The first-order chi connectivity index (χ1) is 9.38. The van der Waals surface area contributed by atoms with E-state index in [2.05, 4.69) is 26.2 Å². The number of halogens is 1. The van der Waals surface area contributed by atoms with Crippen LogP contribution in [0.5, 0.6) is 0 Å². The highest BCUT2D eigenvalue weighted by molar-refractivity contribution is 9.10. The van der Waals surface area contributed by atoms with Crippen molar-refractivity contribution in [2.75, 3.05) is 5.32 Å². The number of pyridine rings is 1. The van der Waals surface area contributed by atoms with Crippen molar-refractivity contribution in [3.63, 3.8) is 0 Å². The molecule has 0 bridgehead atoms. The van der Waals surface area contributed by atoms with E-state index in [0.29, 0.717) is 11.4 Å². The molecule has 2 rings (SSSR count). The maximum atomic E-state index is 11.4. The summed E-state index contributed by atoms with van der Waals surface area (Å²) < 4.78 is 0.979. The Balaban J connectivity index is 2.50. The third kappa shape index (κ3) is 2.99. The van der Waals surface area contributed by atoms with E-state index < -0.39 is 5.97 Å². The van der Waals surface area contributed by atoms with Crippen LogP contribution in [-0.2, 0) is 0 Å². The molecule has 0 aliphatic rings. The highest BCUT2D eigenvalue weighted by Gasteiger charge is 2.16. The van der Waals surface area contributed by atoms with Gasteiger partial charge in [0, 0.05) is 15.9 Å². The van der Waals surface area contributed by atoms with Crippen LogP contribution in [0, 0.1) is 20.8 Å². The lowest BCUT2D eigenvalue weighted by molar-refractivity contribution is 0.0697. The second-order valence-electron chi connectivity index (χ2n) is 4.69. The lowest BCUT2D eigenvalue weighted by Gasteiger charge is -2.13. The number of rotatable bonds is 3. The number of aryl methyl sites for hydroxylation is 3. The molecule has 0 unspecified atom stereocenters. The van der Waals surface area contributed by atoms with E-state index >= 15 is 0 Å². The number of aromatic carboxylic acids is 1. The number of hydrogen-bond donors (Lipinski definition) is 2. The molecule has 4 nitrogen and oxygen atoms in total. The first kappa shape index (κ1) is 14.5. The molecule has 1 aromatic heterocycles. The number of benzene rings is 1. The number of carbonyl (C=O) groups is 1. The Morgan fingerprint density at radius 1 is 1.20 bits per heavy atom. The van der Waals surface area contributed by atoms with Gasteiger partial charge in [-0.1, -0.05) is 15.9 Å². The molecule has 1 aromatic carbocycles. The fourth-order valence-corrected chi connectivity index (χ4v) is 2.57. The quantitative estimate of drug-likeness (QED) is 0.882. The van der Waals surface area contributed by atoms with Crippen molar-refractivity contribution in [2.24, 2.45) is 0 Å². The molecule has 2 N–H and O–H groups in total. The average molecular weight is 335 g/mol. The fourth-order valence-electron chi connectivity index (χ4n) is 2.09. The molecule has 0 radical (unpaired) electrons. The zero-order chi connectivity index (χ0) is 14.9. The molecule has 2 aromatic rings. The molecule has 1 heterocycles. The van der Waals surface area contributed by atoms with Gasteiger partial charge in [-0.15, -0.1) is 0 Å². The van der Waals surface area contributed by atoms with Crippen molar-refractivity contribution in [1.82, 2.24) is 4.98 Å². The van der Waals surface area contributed by atoms with Gasteiger partial charge in [-0.2, -0.15) is 0 Å². The van der Waals surface area contributed by atoms with E-state index in [4.69, 9.17) is 0 Å². The zero-order valence-electron chi connectivity index (χ0n) is 11.5. The monoisotopic (exact) mass is 334 g/mol. The van der Waals surface area contributed by atoms with Crippen LogP contribution in [0.25, 0.3) is 0 Å². The minimum absolute atomic E-state index is 0.206. The summed E-state index contributed by atoms with van der Waals surface area (Å²) in [6.45, 7) is 5.58. The number of hydrogen-bond acceptors (Lipinski definition) is 3. The molecule has 104 valence electrons. The minimum atomic E-state index is -0.979. The number of carboxylic acids is 1. The number of nitrogens with one attached hydrogen (secondary N) is 1.